The maximum atomic E-state index is 13.2. The summed E-state index contributed by atoms with van der Waals surface area (Å²) >= 11 is 1.53. The molecule has 3 amide bonds. The van der Waals surface area contributed by atoms with Crippen molar-refractivity contribution in [2.75, 3.05) is 11.9 Å². The van der Waals surface area contributed by atoms with Crippen molar-refractivity contribution in [1.82, 2.24) is 10.6 Å². The Bertz CT molecular complexity index is 1130. The lowest BCUT2D eigenvalue weighted by atomic mass is 9.85. The van der Waals surface area contributed by atoms with Gasteiger partial charge in [0.05, 0.1) is 5.56 Å². The van der Waals surface area contributed by atoms with Gasteiger partial charge in [-0.25, -0.2) is 0 Å². The number of thiophene rings is 1. The van der Waals surface area contributed by atoms with Gasteiger partial charge in [-0.1, -0.05) is 24.3 Å². The molecule has 0 aliphatic heterocycles. The van der Waals surface area contributed by atoms with Gasteiger partial charge in [-0.2, -0.15) is 0 Å². The standard InChI is InChI=1S/C27H31N3O3S.H2/c31-24(16-7-8-16)30-27-23(26(33)28-14-15-5-6-15)21-13-19(9-10-22(21)34-27)25(32)29-20-11-17-3-1-2-4-18(17)12-20;/h1-4,15-16,19-20H,5-14H2,(H,28,33)(H,29,32)(H,30,31);1H. The third-order valence-corrected chi connectivity index (χ3v) is 8.90. The number of fused-ring (bicyclic) bond motifs is 2. The molecule has 2 aromatic rings. The van der Waals surface area contributed by atoms with E-state index in [0.717, 1.165) is 49.0 Å². The van der Waals surface area contributed by atoms with E-state index in [1.807, 2.05) is 0 Å². The Morgan fingerprint density at radius 1 is 0.912 bits per heavy atom. The number of benzene rings is 1. The summed E-state index contributed by atoms with van der Waals surface area (Å²) in [5.41, 5.74) is 4.20. The van der Waals surface area contributed by atoms with E-state index in [-0.39, 0.29) is 37.0 Å². The number of anilines is 1. The Kier molecular flexibility index (Phi) is 5.68. The Morgan fingerprint density at radius 3 is 2.32 bits per heavy atom. The summed E-state index contributed by atoms with van der Waals surface area (Å²) in [5.74, 6) is 0.510. The quantitative estimate of drug-likeness (QED) is 0.563. The number of hydrogen-bond donors (Lipinski definition) is 3. The second kappa shape index (κ2) is 8.84. The molecule has 4 aliphatic rings. The van der Waals surface area contributed by atoms with Crippen molar-refractivity contribution < 1.29 is 15.8 Å². The first-order valence-corrected chi connectivity index (χ1v) is 13.5. The molecule has 1 aromatic carbocycles. The highest BCUT2D eigenvalue weighted by atomic mass is 32.1. The van der Waals surface area contributed by atoms with Crippen molar-refractivity contribution >= 4 is 34.1 Å². The molecule has 1 atom stereocenters. The highest BCUT2D eigenvalue weighted by molar-refractivity contribution is 7.17. The number of aryl methyl sites for hydroxylation is 1. The van der Waals surface area contributed by atoms with Crippen LogP contribution in [0.3, 0.4) is 0 Å². The van der Waals surface area contributed by atoms with Crippen molar-refractivity contribution in [3.8, 4) is 0 Å². The van der Waals surface area contributed by atoms with Crippen molar-refractivity contribution in [1.29, 1.82) is 0 Å². The van der Waals surface area contributed by atoms with Gasteiger partial charge < -0.3 is 16.0 Å². The normalized spacial score (nSPS) is 21.5. The zero-order valence-electron chi connectivity index (χ0n) is 19.3. The molecule has 0 bridgehead atoms. The first-order chi connectivity index (χ1) is 16.5. The summed E-state index contributed by atoms with van der Waals surface area (Å²) in [5, 5.41) is 10.1. The van der Waals surface area contributed by atoms with Gasteiger partial charge in [0.15, 0.2) is 0 Å². The molecular formula is C27H33N3O3S. The number of hydrogen-bond acceptors (Lipinski definition) is 4. The van der Waals surface area contributed by atoms with E-state index in [2.05, 4.69) is 40.2 Å². The van der Waals surface area contributed by atoms with Gasteiger partial charge >= 0.3 is 0 Å². The first kappa shape index (κ1) is 21.8. The van der Waals surface area contributed by atoms with E-state index in [0.29, 0.717) is 29.4 Å². The Labute approximate surface area is 205 Å². The predicted octanol–water partition coefficient (Wildman–Crippen LogP) is 3.87. The molecule has 180 valence electrons. The third-order valence-electron chi connectivity index (χ3n) is 7.69. The van der Waals surface area contributed by atoms with E-state index >= 15 is 0 Å². The molecule has 6 rings (SSSR count). The fourth-order valence-corrected chi connectivity index (χ4v) is 6.57. The van der Waals surface area contributed by atoms with Crippen LogP contribution in [0.1, 0.15) is 65.5 Å². The molecule has 0 radical (unpaired) electrons. The highest BCUT2D eigenvalue weighted by Gasteiger charge is 2.36. The van der Waals surface area contributed by atoms with E-state index in [4.69, 9.17) is 0 Å². The Hall–Kier alpha value is -2.67. The molecule has 2 saturated carbocycles. The lowest BCUT2D eigenvalue weighted by Crippen LogP contribution is -2.41. The molecule has 4 aliphatic carbocycles. The van der Waals surface area contributed by atoms with Gasteiger partial charge in [0.2, 0.25) is 11.8 Å². The average molecular weight is 480 g/mol. The highest BCUT2D eigenvalue weighted by Crippen LogP contribution is 2.41. The number of amides is 3. The van der Waals surface area contributed by atoms with Crippen molar-refractivity contribution in [3.05, 3.63) is 51.4 Å². The Morgan fingerprint density at radius 2 is 1.65 bits per heavy atom. The topological polar surface area (TPSA) is 87.3 Å². The second-order valence-electron chi connectivity index (χ2n) is 10.4. The summed E-state index contributed by atoms with van der Waals surface area (Å²) in [7, 11) is 0. The lowest BCUT2D eigenvalue weighted by molar-refractivity contribution is -0.126. The SMILES string of the molecule is O=C(NCC1CC1)c1c(NC(=O)C2CC2)sc2c1CC(C(=O)NC1Cc3ccccc3C1)CC2.[HH]. The van der Waals surface area contributed by atoms with Crippen LogP contribution in [0.25, 0.3) is 0 Å². The van der Waals surface area contributed by atoms with Crippen LogP contribution in [0.2, 0.25) is 0 Å². The molecule has 2 fully saturated rings. The van der Waals surface area contributed by atoms with Gasteiger partial charge in [0.1, 0.15) is 5.00 Å². The van der Waals surface area contributed by atoms with Crippen LogP contribution in [-0.2, 0) is 35.3 Å². The van der Waals surface area contributed by atoms with Crippen molar-refractivity contribution in [2.24, 2.45) is 17.8 Å². The van der Waals surface area contributed by atoms with Crippen LogP contribution in [0.15, 0.2) is 24.3 Å². The molecule has 34 heavy (non-hydrogen) atoms. The average Bonchev–Trinajstić information content (AvgIpc) is 3.75. The smallest absolute Gasteiger partial charge is 0.254 e. The van der Waals surface area contributed by atoms with Crippen molar-refractivity contribution in [3.63, 3.8) is 0 Å². The van der Waals surface area contributed by atoms with E-state index in [9.17, 15) is 14.4 Å². The van der Waals surface area contributed by atoms with E-state index in [1.54, 1.807) is 0 Å². The summed E-state index contributed by atoms with van der Waals surface area (Å²) < 4.78 is 0. The van der Waals surface area contributed by atoms with Crippen LogP contribution in [-0.4, -0.2) is 30.3 Å². The number of carbonyl (C=O) groups excluding carboxylic acids is 3. The number of rotatable bonds is 7. The molecule has 1 heterocycles. The number of nitrogens with one attached hydrogen (secondary N) is 3. The summed E-state index contributed by atoms with van der Waals surface area (Å²) in [6.45, 7) is 0.686. The maximum Gasteiger partial charge on any atom is 0.254 e. The molecule has 6 nitrogen and oxygen atoms in total. The zero-order chi connectivity index (χ0) is 23.2. The van der Waals surface area contributed by atoms with Crippen LogP contribution in [0, 0.1) is 17.8 Å². The summed E-state index contributed by atoms with van der Waals surface area (Å²) in [6.07, 6.45) is 8.04. The zero-order valence-corrected chi connectivity index (χ0v) is 20.1. The van der Waals surface area contributed by atoms with Gasteiger partial charge in [0, 0.05) is 30.7 Å². The third kappa shape index (κ3) is 4.50. The van der Waals surface area contributed by atoms with Crippen LogP contribution < -0.4 is 16.0 Å². The molecule has 0 saturated heterocycles. The minimum atomic E-state index is -0.146. The molecule has 3 N–H and O–H groups in total. The van der Waals surface area contributed by atoms with Crippen LogP contribution >= 0.6 is 11.3 Å². The largest absolute Gasteiger partial charge is 0.352 e. The van der Waals surface area contributed by atoms with E-state index in [1.165, 1.54) is 35.3 Å². The minimum Gasteiger partial charge on any atom is -0.352 e. The van der Waals surface area contributed by atoms with E-state index < -0.39 is 0 Å². The molecule has 7 heteroatoms. The fourth-order valence-electron chi connectivity index (χ4n) is 5.32. The second-order valence-corrected chi connectivity index (χ2v) is 11.6. The van der Waals surface area contributed by atoms with Crippen molar-refractivity contribution in [2.45, 2.75) is 63.8 Å². The summed E-state index contributed by atoms with van der Waals surface area (Å²) in [4.78, 5) is 40.1. The van der Waals surface area contributed by atoms with Crippen LogP contribution in [0.4, 0.5) is 5.00 Å². The lowest BCUT2D eigenvalue weighted by Gasteiger charge is -2.24. The first-order valence-electron chi connectivity index (χ1n) is 12.7. The minimum absolute atomic E-state index is 0. The Balaban J connectivity index is 0.00000253. The maximum absolute atomic E-state index is 13.2. The van der Waals surface area contributed by atoms with Gasteiger partial charge in [-0.3, -0.25) is 14.4 Å². The van der Waals surface area contributed by atoms with Crippen LogP contribution in [0.5, 0.6) is 0 Å². The molecular weight excluding hydrogens is 446 g/mol. The van der Waals surface area contributed by atoms with Gasteiger partial charge in [-0.05, 0) is 80.4 Å². The fraction of sp³-hybridized carbons (Fsp3) is 0.519. The monoisotopic (exact) mass is 479 g/mol. The van der Waals surface area contributed by atoms with Gasteiger partial charge in [0.25, 0.3) is 5.91 Å². The number of carbonyl (C=O) groups is 3. The summed E-state index contributed by atoms with van der Waals surface area (Å²) in [6, 6.07) is 8.53. The molecule has 0 spiro atoms. The predicted molar refractivity (Wildman–Crippen MR) is 134 cm³/mol. The molecule has 1 aromatic heterocycles. The molecule has 1 unspecified atom stereocenters. The van der Waals surface area contributed by atoms with Gasteiger partial charge in [-0.15, -0.1) is 11.3 Å².